The molecule has 7 nitrogen and oxygen atoms in total. The van der Waals surface area contributed by atoms with Crippen LogP contribution in [0.15, 0.2) is 48.5 Å². The number of rotatable bonds is 6. The number of nitrogens with one attached hydrogen (secondary N) is 1. The summed E-state index contributed by atoms with van der Waals surface area (Å²) in [5.41, 5.74) is 0.978. The van der Waals surface area contributed by atoms with Crippen LogP contribution in [0.25, 0.3) is 0 Å². The quantitative estimate of drug-likeness (QED) is 0.739. The zero-order valence-corrected chi connectivity index (χ0v) is 17.6. The molecule has 0 radical (unpaired) electrons. The molecule has 0 aliphatic carbocycles. The lowest BCUT2D eigenvalue weighted by Crippen LogP contribution is -2.60. The van der Waals surface area contributed by atoms with Crippen molar-refractivity contribution in [1.29, 1.82) is 0 Å². The molecule has 0 saturated heterocycles. The predicted molar refractivity (Wildman–Crippen MR) is 114 cm³/mol. The summed E-state index contributed by atoms with van der Waals surface area (Å²) < 4.78 is 10.5. The van der Waals surface area contributed by atoms with Gasteiger partial charge in [0.2, 0.25) is 5.91 Å². The SMILES string of the molecule is COc1ccc(CCC(=O)O[C@H](C)C(=O)N2c3ccccc3NC(=O)C2(C)C)cc1. The largest absolute Gasteiger partial charge is 0.497 e. The van der Waals surface area contributed by atoms with Gasteiger partial charge in [-0.25, -0.2) is 0 Å². The molecule has 0 fully saturated rings. The molecule has 0 bridgehead atoms. The molecule has 1 N–H and O–H groups in total. The van der Waals surface area contributed by atoms with Crippen molar-refractivity contribution in [2.24, 2.45) is 0 Å². The van der Waals surface area contributed by atoms with E-state index in [2.05, 4.69) is 5.32 Å². The van der Waals surface area contributed by atoms with E-state index in [1.165, 1.54) is 11.8 Å². The zero-order valence-electron chi connectivity index (χ0n) is 17.6. The van der Waals surface area contributed by atoms with E-state index in [0.717, 1.165) is 11.3 Å². The molecule has 0 saturated carbocycles. The highest BCUT2D eigenvalue weighted by atomic mass is 16.5. The molecule has 0 spiro atoms. The van der Waals surface area contributed by atoms with Crippen molar-refractivity contribution in [1.82, 2.24) is 0 Å². The van der Waals surface area contributed by atoms with Gasteiger partial charge in [0.05, 0.1) is 18.5 Å². The molecule has 2 aromatic rings. The molecule has 0 aromatic heterocycles. The summed E-state index contributed by atoms with van der Waals surface area (Å²) in [4.78, 5) is 39.4. The molecule has 2 aromatic carbocycles. The Balaban J connectivity index is 1.67. The van der Waals surface area contributed by atoms with Gasteiger partial charge in [-0.3, -0.25) is 19.3 Å². The first kappa shape index (κ1) is 21.4. The molecule has 1 aliphatic heterocycles. The van der Waals surface area contributed by atoms with Crippen molar-refractivity contribution in [3.63, 3.8) is 0 Å². The van der Waals surface area contributed by atoms with E-state index in [1.807, 2.05) is 24.3 Å². The van der Waals surface area contributed by atoms with E-state index in [9.17, 15) is 14.4 Å². The van der Waals surface area contributed by atoms with E-state index in [-0.39, 0.29) is 12.3 Å². The number of carbonyl (C=O) groups is 3. The van der Waals surface area contributed by atoms with Gasteiger partial charge in [-0.1, -0.05) is 24.3 Å². The molecule has 7 heteroatoms. The zero-order chi connectivity index (χ0) is 21.9. The molecule has 0 unspecified atom stereocenters. The van der Waals surface area contributed by atoms with Crippen LogP contribution in [0, 0.1) is 0 Å². The highest BCUT2D eigenvalue weighted by molar-refractivity contribution is 6.15. The lowest BCUT2D eigenvalue weighted by atomic mass is 9.95. The minimum atomic E-state index is -1.12. The number of esters is 1. The van der Waals surface area contributed by atoms with E-state index in [4.69, 9.17) is 9.47 Å². The minimum absolute atomic E-state index is 0.143. The van der Waals surface area contributed by atoms with Crippen LogP contribution in [0.1, 0.15) is 32.8 Å². The summed E-state index contributed by atoms with van der Waals surface area (Å²) in [6, 6.07) is 14.5. The third kappa shape index (κ3) is 4.30. The third-order valence-electron chi connectivity index (χ3n) is 5.16. The van der Waals surface area contributed by atoms with Crippen LogP contribution in [0.3, 0.4) is 0 Å². The number of amides is 2. The van der Waals surface area contributed by atoms with Crippen LogP contribution >= 0.6 is 0 Å². The fraction of sp³-hybridized carbons (Fsp3) is 0.348. The second-order valence-electron chi connectivity index (χ2n) is 7.68. The topological polar surface area (TPSA) is 84.9 Å². The maximum absolute atomic E-state index is 13.2. The Kier molecular flexibility index (Phi) is 6.10. The molecule has 158 valence electrons. The molecule has 30 heavy (non-hydrogen) atoms. The van der Waals surface area contributed by atoms with Crippen LogP contribution in [0.4, 0.5) is 11.4 Å². The van der Waals surface area contributed by atoms with Gasteiger partial charge in [-0.2, -0.15) is 0 Å². The normalized spacial score (nSPS) is 15.6. The Hall–Kier alpha value is -3.35. The number of nitrogens with zero attached hydrogens (tertiary/aromatic N) is 1. The van der Waals surface area contributed by atoms with Gasteiger partial charge >= 0.3 is 5.97 Å². The molecular formula is C23H26N2O5. The standard InChI is InChI=1S/C23H26N2O5/c1-15(30-20(26)14-11-16-9-12-17(29-4)13-10-16)21(27)25-19-8-6-5-7-18(19)24-22(28)23(25,2)3/h5-10,12-13,15H,11,14H2,1-4H3,(H,24,28)/t15-/m1/s1. The van der Waals surface area contributed by atoms with Crippen molar-refractivity contribution in [3.8, 4) is 5.75 Å². The lowest BCUT2D eigenvalue weighted by molar-refractivity contribution is -0.154. The fourth-order valence-corrected chi connectivity index (χ4v) is 3.37. The number of aryl methyl sites for hydroxylation is 1. The second-order valence-corrected chi connectivity index (χ2v) is 7.68. The van der Waals surface area contributed by atoms with E-state index in [1.54, 1.807) is 45.2 Å². The van der Waals surface area contributed by atoms with Gasteiger partial charge in [0.25, 0.3) is 5.91 Å². The lowest BCUT2D eigenvalue weighted by Gasteiger charge is -2.42. The highest BCUT2D eigenvalue weighted by Gasteiger charge is 2.45. The summed E-state index contributed by atoms with van der Waals surface area (Å²) in [5.74, 6) is -0.471. The fourth-order valence-electron chi connectivity index (χ4n) is 3.37. The van der Waals surface area contributed by atoms with Crippen LogP contribution < -0.4 is 15.0 Å². The number of hydrogen-bond acceptors (Lipinski definition) is 5. The summed E-state index contributed by atoms with van der Waals surface area (Å²) >= 11 is 0. The molecule has 1 aliphatic rings. The minimum Gasteiger partial charge on any atom is -0.497 e. The molecule has 1 atom stereocenters. The van der Waals surface area contributed by atoms with Gasteiger partial charge in [-0.15, -0.1) is 0 Å². The first-order chi connectivity index (χ1) is 14.2. The molecule has 1 heterocycles. The number of para-hydroxylation sites is 2. The van der Waals surface area contributed by atoms with Gasteiger partial charge < -0.3 is 14.8 Å². The van der Waals surface area contributed by atoms with Gasteiger partial charge in [0, 0.05) is 6.42 Å². The molecular weight excluding hydrogens is 384 g/mol. The van der Waals surface area contributed by atoms with Crippen LogP contribution in [-0.2, 0) is 25.5 Å². The Bertz CT molecular complexity index is 952. The average Bonchev–Trinajstić information content (AvgIpc) is 2.73. The number of ether oxygens (including phenoxy) is 2. The van der Waals surface area contributed by atoms with Gasteiger partial charge in [0.1, 0.15) is 11.3 Å². The second kappa shape index (κ2) is 8.57. The monoisotopic (exact) mass is 410 g/mol. The van der Waals surface area contributed by atoms with Crippen molar-refractivity contribution in [2.45, 2.75) is 45.3 Å². The average molecular weight is 410 g/mol. The third-order valence-corrected chi connectivity index (χ3v) is 5.16. The maximum Gasteiger partial charge on any atom is 0.306 e. The maximum atomic E-state index is 13.2. The number of carbonyl (C=O) groups excluding carboxylic acids is 3. The number of anilines is 2. The Morgan fingerprint density at radius 3 is 2.43 bits per heavy atom. The van der Waals surface area contributed by atoms with E-state index < -0.39 is 23.5 Å². The van der Waals surface area contributed by atoms with Crippen molar-refractivity contribution < 1.29 is 23.9 Å². The Morgan fingerprint density at radius 1 is 1.10 bits per heavy atom. The van der Waals surface area contributed by atoms with E-state index in [0.29, 0.717) is 17.8 Å². The van der Waals surface area contributed by atoms with Crippen molar-refractivity contribution in [2.75, 3.05) is 17.3 Å². The Morgan fingerprint density at radius 2 is 1.77 bits per heavy atom. The summed E-state index contributed by atoms with van der Waals surface area (Å²) in [7, 11) is 1.59. The van der Waals surface area contributed by atoms with Gasteiger partial charge in [0.15, 0.2) is 6.10 Å². The van der Waals surface area contributed by atoms with E-state index >= 15 is 0 Å². The van der Waals surface area contributed by atoms with Crippen molar-refractivity contribution >= 4 is 29.2 Å². The molecule has 3 rings (SSSR count). The summed E-state index contributed by atoms with van der Waals surface area (Å²) in [6.45, 7) is 4.85. The number of hydrogen-bond donors (Lipinski definition) is 1. The first-order valence-electron chi connectivity index (χ1n) is 9.81. The highest BCUT2D eigenvalue weighted by Crippen LogP contribution is 2.37. The number of fused-ring (bicyclic) bond motifs is 1. The Labute approximate surface area is 176 Å². The smallest absolute Gasteiger partial charge is 0.306 e. The number of benzene rings is 2. The first-order valence-corrected chi connectivity index (χ1v) is 9.81. The van der Waals surface area contributed by atoms with Crippen LogP contribution in [-0.4, -0.2) is 36.5 Å². The summed E-state index contributed by atoms with van der Waals surface area (Å²) in [5, 5.41) is 2.81. The number of methoxy groups -OCH3 is 1. The van der Waals surface area contributed by atoms with Crippen LogP contribution in [0.2, 0.25) is 0 Å². The van der Waals surface area contributed by atoms with Crippen molar-refractivity contribution in [3.05, 3.63) is 54.1 Å². The van der Waals surface area contributed by atoms with Crippen LogP contribution in [0.5, 0.6) is 5.75 Å². The summed E-state index contributed by atoms with van der Waals surface area (Å²) in [6.07, 6.45) is -0.388. The van der Waals surface area contributed by atoms with Gasteiger partial charge in [-0.05, 0) is 57.0 Å². The molecule has 2 amide bonds. The predicted octanol–water partition coefficient (Wildman–Crippen LogP) is 3.32.